The number of rotatable bonds is 2. The van der Waals surface area contributed by atoms with Crippen LogP contribution in [0.3, 0.4) is 0 Å². The van der Waals surface area contributed by atoms with E-state index in [0.29, 0.717) is 23.6 Å². The van der Waals surface area contributed by atoms with Crippen molar-refractivity contribution in [3.8, 4) is 0 Å². The highest BCUT2D eigenvalue weighted by atomic mass is 16.1. The Morgan fingerprint density at radius 3 is 3.16 bits per heavy atom. The first kappa shape index (κ1) is 11.0. The van der Waals surface area contributed by atoms with E-state index in [-0.39, 0.29) is 5.91 Å². The lowest BCUT2D eigenvalue weighted by Gasteiger charge is -2.23. The number of hydrogen-bond donors (Lipinski definition) is 2. The molecule has 4 rings (SSSR count). The Balaban J connectivity index is 1.53. The summed E-state index contributed by atoms with van der Waals surface area (Å²) in [6, 6.07) is 4.71. The van der Waals surface area contributed by atoms with Crippen LogP contribution in [0.2, 0.25) is 0 Å². The fourth-order valence-electron chi connectivity index (χ4n) is 3.32. The van der Waals surface area contributed by atoms with Crippen LogP contribution in [0.4, 0.5) is 0 Å². The zero-order valence-electron chi connectivity index (χ0n) is 10.5. The molecule has 2 aliphatic rings. The quantitative estimate of drug-likeness (QED) is 0.836. The van der Waals surface area contributed by atoms with Crippen LogP contribution in [0, 0.1) is 5.92 Å². The second-order valence-electron chi connectivity index (χ2n) is 5.56. The summed E-state index contributed by atoms with van der Waals surface area (Å²) in [7, 11) is 0. The van der Waals surface area contributed by atoms with Crippen LogP contribution < -0.4 is 10.6 Å². The highest BCUT2D eigenvalue weighted by Crippen LogP contribution is 2.31. The monoisotopic (exact) mass is 256 g/mol. The Morgan fingerprint density at radius 2 is 2.37 bits per heavy atom. The average Bonchev–Trinajstić information content (AvgIpc) is 3.13. The third kappa shape index (κ3) is 1.81. The third-order valence-electron chi connectivity index (χ3n) is 4.35. The highest BCUT2D eigenvalue weighted by molar-refractivity contribution is 5.94. The number of hydrogen-bond acceptors (Lipinski definition) is 3. The SMILES string of the molecule is O=C(N[C@H]1C[C@H]2C[C@@H]1CN2)c1ccc2cncn2c1. The topological polar surface area (TPSA) is 58.4 Å². The summed E-state index contributed by atoms with van der Waals surface area (Å²) < 4.78 is 1.87. The van der Waals surface area contributed by atoms with Crippen molar-refractivity contribution in [3.05, 3.63) is 36.4 Å². The Bertz CT molecular complexity index is 635. The van der Waals surface area contributed by atoms with E-state index in [1.54, 1.807) is 12.5 Å². The number of carbonyl (C=O) groups is 1. The van der Waals surface area contributed by atoms with Gasteiger partial charge in [0.25, 0.3) is 5.91 Å². The molecule has 19 heavy (non-hydrogen) atoms. The predicted molar refractivity (Wildman–Crippen MR) is 71.0 cm³/mol. The first-order chi connectivity index (χ1) is 9.29. The highest BCUT2D eigenvalue weighted by Gasteiger charge is 2.40. The summed E-state index contributed by atoms with van der Waals surface area (Å²) in [5.74, 6) is 0.624. The van der Waals surface area contributed by atoms with Crippen LogP contribution >= 0.6 is 0 Å². The first-order valence-electron chi connectivity index (χ1n) is 6.75. The van der Waals surface area contributed by atoms with E-state index in [0.717, 1.165) is 18.5 Å². The van der Waals surface area contributed by atoms with E-state index in [4.69, 9.17) is 0 Å². The number of nitrogens with zero attached hydrogens (tertiary/aromatic N) is 2. The third-order valence-corrected chi connectivity index (χ3v) is 4.35. The molecule has 5 nitrogen and oxygen atoms in total. The molecule has 3 heterocycles. The molecular formula is C14H16N4O. The predicted octanol–water partition coefficient (Wildman–Crippen LogP) is 0.814. The van der Waals surface area contributed by atoms with Gasteiger partial charge < -0.3 is 15.0 Å². The Kier molecular flexibility index (Phi) is 2.35. The number of fused-ring (bicyclic) bond motifs is 3. The normalized spacial score (nSPS) is 28.9. The summed E-state index contributed by atoms with van der Waals surface area (Å²) >= 11 is 0. The van der Waals surface area contributed by atoms with Crippen LogP contribution in [-0.2, 0) is 0 Å². The fraction of sp³-hybridized carbons (Fsp3) is 0.429. The van der Waals surface area contributed by atoms with Crippen molar-refractivity contribution in [1.29, 1.82) is 0 Å². The molecule has 3 atom stereocenters. The summed E-state index contributed by atoms with van der Waals surface area (Å²) in [5.41, 5.74) is 1.70. The molecule has 0 spiro atoms. The lowest BCUT2D eigenvalue weighted by Crippen LogP contribution is -2.44. The van der Waals surface area contributed by atoms with Gasteiger partial charge >= 0.3 is 0 Å². The van der Waals surface area contributed by atoms with E-state index in [1.807, 2.05) is 22.7 Å². The van der Waals surface area contributed by atoms with Crippen LogP contribution in [0.25, 0.3) is 5.52 Å². The molecule has 2 aromatic rings. The van der Waals surface area contributed by atoms with Gasteiger partial charge in [-0.05, 0) is 30.9 Å². The molecule has 0 radical (unpaired) electrons. The van der Waals surface area contributed by atoms with Crippen LogP contribution in [0.1, 0.15) is 23.2 Å². The number of piperidine rings is 1. The van der Waals surface area contributed by atoms with Crippen LogP contribution in [-0.4, -0.2) is 33.9 Å². The molecule has 0 unspecified atom stereocenters. The second-order valence-corrected chi connectivity index (χ2v) is 5.56. The van der Waals surface area contributed by atoms with Crippen LogP contribution in [0.5, 0.6) is 0 Å². The van der Waals surface area contributed by atoms with Crippen molar-refractivity contribution < 1.29 is 4.79 Å². The van der Waals surface area contributed by atoms with Crippen molar-refractivity contribution in [1.82, 2.24) is 20.0 Å². The Morgan fingerprint density at radius 1 is 1.42 bits per heavy atom. The maximum Gasteiger partial charge on any atom is 0.253 e. The summed E-state index contributed by atoms with van der Waals surface area (Å²) in [6.45, 7) is 1.04. The Hall–Kier alpha value is -1.88. The molecule has 1 saturated heterocycles. The van der Waals surface area contributed by atoms with E-state index in [9.17, 15) is 4.79 Å². The molecule has 2 N–H and O–H groups in total. The number of carbonyl (C=O) groups excluding carboxylic acids is 1. The molecule has 1 aliphatic heterocycles. The number of amides is 1. The fourth-order valence-corrected chi connectivity index (χ4v) is 3.32. The average molecular weight is 256 g/mol. The molecule has 2 aromatic heterocycles. The zero-order chi connectivity index (χ0) is 12.8. The smallest absolute Gasteiger partial charge is 0.253 e. The maximum absolute atomic E-state index is 12.3. The molecule has 98 valence electrons. The van der Waals surface area contributed by atoms with Gasteiger partial charge in [-0.2, -0.15) is 0 Å². The maximum atomic E-state index is 12.3. The van der Waals surface area contributed by atoms with Crippen molar-refractivity contribution in [2.24, 2.45) is 5.92 Å². The van der Waals surface area contributed by atoms with Gasteiger partial charge in [-0.25, -0.2) is 4.98 Å². The van der Waals surface area contributed by atoms with E-state index in [1.165, 1.54) is 6.42 Å². The molecule has 2 fully saturated rings. The van der Waals surface area contributed by atoms with Gasteiger partial charge in [0.15, 0.2) is 0 Å². The molecule has 5 heteroatoms. The molecule has 0 aromatic carbocycles. The Labute approximate surface area is 111 Å². The van der Waals surface area contributed by atoms with Crippen LogP contribution in [0.15, 0.2) is 30.9 Å². The van der Waals surface area contributed by atoms with Gasteiger partial charge in [0, 0.05) is 24.8 Å². The summed E-state index contributed by atoms with van der Waals surface area (Å²) in [4.78, 5) is 16.3. The van der Waals surface area contributed by atoms with Crippen molar-refractivity contribution in [2.45, 2.75) is 24.9 Å². The zero-order valence-corrected chi connectivity index (χ0v) is 10.5. The van der Waals surface area contributed by atoms with Gasteiger partial charge in [0.1, 0.15) is 0 Å². The number of imidazole rings is 1. The number of nitrogens with one attached hydrogen (secondary N) is 2. The van der Waals surface area contributed by atoms with Crippen molar-refractivity contribution in [3.63, 3.8) is 0 Å². The molecular weight excluding hydrogens is 240 g/mol. The molecule has 1 amide bonds. The van der Waals surface area contributed by atoms with Gasteiger partial charge in [0.2, 0.25) is 0 Å². The lowest BCUT2D eigenvalue weighted by atomic mass is 10.0. The van der Waals surface area contributed by atoms with Crippen molar-refractivity contribution in [2.75, 3.05) is 6.54 Å². The van der Waals surface area contributed by atoms with Gasteiger partial charge in [-0.1, -0.05) is 0 Å². The van der Waals surface area contributed by atoms with E-state index in [2.05, 4.69) is 15.6 Å². The first-order valence-corrected chi connectivity index (χ1v) is 6.75. The molecule has 2 bridgehead atoms. The molecule has 1 saturated carbocycles. The summed E-state index contributed by atoms with van der Waals surface area (Å²) in [6.07, 6.45) is 7.59. The standard InChI is InChI=1S/C14H16N4O/c19-14(17-13-4-11-3-10(13)5-16-11)9-1-2-12-6-15-8-18(12)7-9/h1-2,6-8,10-11,13,16H,3-5H2,(H,17,19)/t10-,11-,13+/m1/s1. The van der Waals surface area contributed by atoms with Gasteiger partial charge in [-0.15, -0.1) is 0 Å². The minimum Gasteiger partial charge on any atom is -0.349 e. The van der Waals surface area contributed by atoms with E-state index < -0.39 is 0 Å². The largest absolute Gasteiger partial charge is 0.349 e. The minimum absolute atomic E-state index is 0.0214. The molecule has 1 aliphatic carbocycles. The minimum atomic E-state index is 0.0214. The number of aromatic nitrogens is 2. The second kappa shape index (κ2) is 4.06. The lowest BCUT2D eigenvalue weighted by molar-refractivity contribution is 0.0924. The number of pyridine rings is 1. The van der Waals surface area contributed by atoms with Gasteiger partial charge in [0.05, 0.1) is 23.6 Å². The van der Waals surface area contributed by atoms with E-state index >= 15 is 0 Å². The van der Waals surface area contributed by atoms with Crippen molar-refractivity contribution >= 4 is 11.4 Å². The van der Waals surface area contributed by atoms with Gasteiger partial charge in [-0.3, -0.25) is 4.79 Å². The summed E-state index contributed by atoms with van der Waals surface area (Å²) in [5, 5.41) is 6.63.